The Balaban J connectivity index is 1.64. The van der Waals surface area contributed by atoms with Crippen molar-refractivity contribution in [3.05, 3.63) is 81.4 Å². The predicted molar refractivity (Wildman–Crippen MR) is 125 cm³/mol. The van der Waals surface area contributed by atoms with Gasteiger partial charge in [-0.05, 0) is 55.0 Å². The number of carbonyl (C=O) groups is 2. The number of benzene rings is 3. The first-order valence-electron chi connectivity index (χ1n) is 9.89. The van der Waals surface area contributed by atoms with Crippen LogP contribution in [0.4, 0.5) is 0 Å². The Hall–Kier alpha value is -4.48. The molecule has 0 aliphatic rings. The maximum atomic E-state index is 11.4. The fourth-order valence-corrected chi connectivity index (χ4v) is 3.43. The molecular formula is C25H17ClN2O6. The van der Waals surface area contributed by atoms with E-state index in [9.17, 15) is 14.7 Å². The SMILES string of the molecule is COc1cc(C(=O)O)ccc1C#Cc1cc2nc(Oc3ccc(C)c(C(=O)O)c3)[nH]c2cc1Cl. The van der Waals surface area contributed by atoms with E-state index in [0.717, 1.165) is 0 Å². The van der Waals surface area contributed by atoms with Gasteiger partial charge in [0.05, 0.1) is 39.9 Å². The Labute approximate surface area is 198 Å². The Kier molecular flexibility index (Phi) is 6.13. The summed E-state index contributed by atoms with van der Waals surface area (Å²) in [6.07, 6.45) is 0. The van der Waals surface area contributed by atoms with E-state index in [1.807, 2.05) is 0 Å². The van der Waals surface area contributed by atoms with Crippen molar-refractivity contribution in [2.75, 3.05) is 7.11 Å². The molecule has 0 aliphatic heterocycles. The molecule has 0 unspecified atom stereocenters. The lowest BCUT2D eigenvalue weighted by molar-refractivity contribution is 0.0685. The molecule has 0 spiro atoms. The lowest BCUT2D eigenvalue weighted by Gasteiger charge is -2.05. The number of carboxylic acid groups (broad SMARTS) is 2. The van der Waals surface area contributed by atoms with Crippen LogP contribution >= 0.6 is 11.6 Å². The highest BCUT2D eigenvalue weighted by Gasteiger charge is 2.12. The number of aromatic nitrogens is 2. The monoisotopic (exact) mass is 476 g/mol. The van der Waals surface area contributed by atoms with Crippen molar-refractivity contribution in [1.29, 1.82) is 0 Å². The molecule has 0 aliphatic carbocycles. The minimum Gasteiger partial charge on any atom is -0.495 e. The second-order valence-electron chi connectivity index (χ2n) is 7.25. The number of H-pyrrole nitrogens is 1. The number of methoxy groups -OCH3 is 1. The number of carboxylic acids is 2. The maximum Gasteiger partial charge on any atom is 0.336 e. The van der Waals surface area contributed by atoms with Crippen LogP contribution in [0.15, 0.2) is 48.5 Å². The molecule has 34 heavy (non-hydrogen) atoms. The fourth-order valence-electron chi connectivity index (χ4n) is 3.22. The van der Waals surface area contributed by atoms with Crippen LogP contribution in [0, 0.1) is 18.8 Å². The third kappa shape index (κ3) is 4.65. The third-order valence-corrected chi connectivity index (χ3v) is 5.30. The Morgan fingerprint density at radius 1 is 1.00 bits per heavy atom. The van der Waals surface area contributed by atoms with E-state index in [0.29, 0.717) is 44.2 Å². The highest BCUT2D eigenvalue weighted by atomic mass is 35.5. The zero-order valence-corrected chi connectivity index (χ0v) is 18.7. The second kappa shape index (κ2) is 9.17. The van der Waals surface area contributed by atoms with Gasteiger partial charge in [-0.3, -0.25) is 0 Å². The molecule has 3 N–H and O–H groups in total. The van der Waals surface area contributed by atoms with Crippen LogP contribution in [0.2, 0.25) is 5.02 Å². The van der Waals surface area contributed by atoms with Gasteiger partial charge in [0.2, 0.25) is 0 Å². The van der Waals surface area contributed by atoms with Crippen LogP contribution in [-0.2, 0) is 0 Å². The summed E-state index contributed by atoms with van der Waals surface area (Å²) in [4.78, 5) is 29.9. The molecule has 0 radical (unpaired) electrons. The standard InChI is InChI=1S/C25H17ClN2O6/c1-13-3-8-17(11-18(13)24(31)32)34-25-27-20-9-15(19(26)12-21(20)28-25)6-4-14-5-7-16(23(29)30)10-22(14)33-2/h3,5,7-12H,1-2H3,(H,27,28)(H,29,30)(H,31,32). The zero-order chi connectivity index (χ0) is 24.4. The number of nitrogens with one attached hydrogen (secondary N) is 1. The summed E-state index contributed by atoms with van der Waals surface area (Å²) >= 11 is 6.39. The van der Waals surface area contributed by atoms with Crippen LogP contribution in [-0.4, -0.2) is 39.2 Å². The van der Waals surface area contributed by atoms with Gasteiger partial charge in [0, 0.05) is 5.56 Å². The van der Waals surface area contributed by atoms with E-state index < -0.39 is 11.9 Å². The highest BCUT2D eigenvalue weighted by molar-refractivity contribution is 6.32. The zero-order valence-electron chi connectivity index (χ0n) is 18.0. The molecule has 0 saturated heterocycles. The van der Waals surface area contributed by atoms with E-state index in [-0.39, 0.29) is 17.1 Å². The van der Waals surface area contributed by atoms with Gasteiger partial charge in [-0.1, -0.05) is 29.5 Å². The van der Waals surface area contributed by atoms with E-state index in [1.54, 1.807) is 37.3 Å². The van der Waals surface area contributed by atoms with Gasteiger partial charge < -0.3 is 24.7 Å². The molecule has 0 atom stereocenters. The number of hydrogen-bond acceptors (Lipinski definition) is 5. The lowest BCUT2D eigenvalue weighted by atomic mass is 10.1. The predicted octanol–water partition coefficient (Wildman–Crippen LogP) is 5.12. The Morgan fingerprint density at radius 3 is 2.47 bits per heavy atom. The summed E-state index contributed by atoms with van der Waals surface area (Å²) in [5.41, 5.74) is 3.01. The highest BCUT2D eigenvalue weighted by Crippen LogP contribution is 2.28. The molecule has 1 aromatic heterocycles. The first-order valence-corrected chi connectivity index (χ1v) is 10.3. The normalized spacial score (nSPS) is 10.4. The molecule has 3 aromatic carbocycles. The number of imidazole rings is 1. The van der Waals surface area contributed by atoms with Crippen LogP contribution in [0.25, 0.3) is 11.0 Å². The van der Waals surface area contributed by atoms with E-state index in [2.05, 4.69) is 21.8 Å². The van der Waals surface area contributed by atoms with Crippen molar-refractivity contribution >= 4 is 34.6 Å². The molecule has 0 bridgehead atoms. The van der Waals surface area contributed by atoms with Crippen LogP contribution in [0.1, 0.15) is 37.4 Å². The van der Waals surface area contributed by atoms with Gasteiger partial charge in [0.1, 0.15) is 11.5 Å². The summed E-state index contributed by atoms with van der Waals surface area (Å²) in [6.45, 7) is 1.70. The van der Waals surface area contributed by atoms with E-state index >= 15 is 0 Å². The average molecular weight is 477 g/mol. The quantitative estimate of drug-likeness (QED) is 0.341. The fraction of sp³-hybridized carbons (Fsp3) is 0.0800. The first kappa shape index (κ1) is 22.7. The number of rotatable bonds is 5. The number of nitrogens with zero attached hydrogens (tertiary/aromatic N) is 1. The first-order chi connectivity index (χ1) is 16.2. The largest absolute Gasteiger partial charge is 0.495 e. The molecule has 0 saturated carbocycles. The summed E-state index contributed by atoms with van der Waals surface area (Å²) in [6, 6.07) is 12.7. The summed E-state index contributed by atoms with van der Waals surface area (Å²) in [5, 5.41) is 18.8. The summed E-state index contributed by atoms with van der Waals surface area (Å²) in [5.74, 6) is 4.45. The van der Waals surface area contributed by atoms with Gasteiger partial charge >= 0.3 is 11.9 Å². The van der Waals surface area contributed by atoms with Gasteiger partial charge in [0.25, 0.3) is 6.01 Å². The number of aryl methyl sites for hydroxylation is 1. The van der Waals surface area contributed by atoms with Crippen molar-refractivity contribution < 1.29 is 29.3 Å². The number of hydrogen-bond donors (Lipinski definition) is 3. The maximum absolute atomic E-state index is 11.4. The molecule has 4 aromatic rings. The van der Waals surface area contributed by atoms with Gasteiger partial charge in [-0.15, -0.1) is 0 Å². The van der Waals surface area contributed by atoms with Gasteiger partial charge in [-0.25, -0.2) is 9.59 Å². The molecule has 0 amide bonds. The summed E-state index contributed by atoms with van der Waals surface area (Å²) < 4.78 is 11.0. The van der Waals surface area contributed by atoms with Crippen molar-refractivity contribution in [2.45, 2.75) is 6.92 Å². The van der Waals surface area contributed by atoms with Crippen molar-refractivity contribution in [1.82, 2.24) is 9.97 Å². The van der Waals surface area contributed by atoms with Crippen LogP contribution < -0.4 is 9.47 Å². The number of halogens is 1. The molecular weight excluding hydrogens is 460 g/mol. The van der Waals surface area contributed by atoms with Crippen LogP contribution in [0.3, 0.4) is 0 Å². The molecule has 0 fully saturated rings. The smallest absolute Gasteiger partial charge is 0.336 e. The molecule has 8 nitrogen and oxygen atoms in total. The van der Waals surface area contributed by atoms with Gasteiger partial charge in [-0.2, -0.15) is 4.98 Å². The summed E-state index contributed by atoms with van der Waals surface area (Å²) in [7, 11) is 1.43. The Morgan fingerprint density at radius 2 is 1.76 bits per heavy atom. The minimum absolute atomic E-state index is 0.0926. The minimum atomic E-state index is -1.06. The van der Waals surface area contributed by atoms with E-state index in [4.69, 9.17) is 26.2 Å². The molecule has 4 rings (SSSR count). The Bertz CT molecular complexity index is 1510. The van der Waals surface area contributed by atoms with Crippen molar-refractivity contribution in [2.24, 2.45) is 0 Å². The topological polar surface area (TPSA) is 122 Å². The lowest BCUT2D eigenvalue weighted by Crippen LogP contribution is -2.00. The number of aromatic amines is 1. The molecule has 9 heteroatoms. The third-order valence-electron chi connectivity index (χ3n) is 4.98. The number of ether oxygens (including phenoxy) is 2. The molecule has 1 heterocycles. The van der Waals surface area contributed by atoms with E-state index in [1.165, 1.54) is 25.3 Å². The average Bonchev–Trinajstić information content (AvgIpc) is 3.19. The van der Waals surface area contributed by atoms with Crippen LogP contribution in [0.5, 0.6) is 17.5 Å². The molecule has 170 valence electrons. The number of fused-ring (bicyclic) bond motifs is 1. The van der Waals surface area contributed by atoms with Gasteiger partial charge in [0.15, 0.2) is 0 Å². The number of aromatic carboxylic acids is 2. The van der Waals surface area contributed by atoms with Crippen molar-refractivity contribution in [3.8, 4) is 29.4 Å². The second-order valence-corrected chi connectivity index (χ2v) is 7.65. The van der Waals surface area contributed by atoms with Crippen molar-refractivity contribution in [3.63, 3.8) is 0 Å².